The van der Waals surface area contributed by atoms with Crippen LogP contribution >= 0.6 is 0 Å². The first-order valence-corrected chi connectivity index (χ1v) is 13.8. The lowest BCUT2D eigenvalue weighted by molar-refractivity contribution is -0.147. The van der Waals surface area contributed by atoms with Gasteiger partial charge in [0.1, 0.15) is 11.6 Å². The molecular weight excluding hydrogens is 518 g/mol. The Hall–Kier alpha value is -3.14. The molecule has 0 amide bonds. The van der Waals surface area contributed by atoms with Crippen LogP contribution in [-0.2, 0) is 30.3 Å². The average molecular weight is 566 g/mol. The van der Waals surface area contributed by atoms with Crippen molar-refractivity contribution >= 4 is 24.1 Å². The van der Waals surface area contributed by atoms with Crippen molar-refractivity contribution in [3.05, 3.63) is 23.8 Å². The summed E-state index contributed by atoms with van der Waals surface area (Å²) in [5.41, 5.74) is 3.31. The number of hydrogen-bond donors (Lipinski definition) is 2. The zero-order chi connectivity index (χ0) is 30.9. The van der Waals surface area contributed by atoms with E-state index < -0.39 is 46.5 Å². The minimum Gasteiger partial charge on any atom is -0.480 e. The Morgan fingerprint density at radius 1 is 0.900 bits per heavy atom. The van der Waals surface area contributed by atoms with E-state index in [0.717, 1.165) is 0 Å². The third-order valence-electron chi connectivity index (χ3n) is 7.10. The molecule has 0 fully saturated rings. The number of esters is 2. The number of carbonyl (C=O) groups is 4. The number of carboxylic acid groups (broad SMARTS) is 1. The van der Waals surface area contributed by atoms with Gasteiger partial charge in [0.2, 0.25) is 0 Å². The Bertz CT molecular complexity index is 1050. The lowest BCUT2D eigenvalue weighted by Crippen LogP contribution is -2.52. The van der Waals surface area contributed by atoms with Crippen molar-refractivity contribution in [3.63, 3.8) is 0 Å². The van der Waals surface area contributed by atoms with Crippen molar-refractivity contribution in [2.24, 2.45) is 22.5 Å². The normalized spacial score (nSPS) is 14.2. The van der Waals surface area contributed by atoms with Crippen LogP contribution in [0.15, 0.2) is 18.2 Å². The molecule has 3 N–H and O–H groups in total. The first-order chi connectivity index (χ1) is 18.4. The third kappa shape index (κ3) is 10.4. The van der Waals surface area contributed by atoms with E-state index in [1.54, 1.807) is 33.8 Å². The zero-order valence-corrected chi connectivity index (χ0v) is 25.4. The molecule has 0 saturated heterocycles. The molecule has 0 spiro atoms. The SMILES string of the molecule is CCC(C)(C)C(=O)Oc1ccc(CC(N)(C[C@H](C)OC(=O)OCCC(C)C)C(=O)O)cc1OC(=O)C(C)(C)CC. The molecule has 1 aromatic rings. The van der Waals surface area contributed by atoms with Gasteiger partial charge in [-0.05, 0) is 77.5 Å². The van der Waals surface area contributed by atoms with Crippen molar-refractivity contribution in [1.29, 1.82) is 0 Å². The molecule has 0 aliphatic carbocycles. The molecule has 226 valence electrons. The Balaban J connectivity index is 3.23. The maximum Gasteiger partial charge on any atom is 0.508 e. The summed E-state index contributed by atoms with van der Waals surface area (Å²) in [4.78, 5) is 49.9. The van der Waals surface area contributed by atoms with Crippen molar-refractivity contribution in [2.75, 3.05) is 6.61 Å². The molecule has 1 aromatic carbocycles. The van der Waals surface area contributed by atoms with E-state index >= 15 is 0 Å². The summed E-state index contributed by atoms with van der Waals surface area (Å²) in [6.45, 7) is 16.4. The molecule has 2 atom stereocenters. The lowest BCUT2D eigenvalue weighted by atomic mass is 9.86. The largest absolute Gasteiger partial charge is 0.508 e. The van der Waals surface area contributed by atoms with Crippen LogP contribution in [0, 0.1) is 16.7 Å². The van der Waals surface area contributed by atoms with E-state index in [9.17, 15) is 24.3 Å². The van der Waals surface area contributed by atoms with E-state index in [1.807, 2.05) is 27.7 Å². The zero-order valence-electron chi connectivity index (χ0n) is 25.4. The maximum atomic E-state index is 12.9. The summed E-state index contributed by atoms with van der Waals surface area (Å²) >= 11 is 0. The highest BCUT2D eigenvalue weighted by Crippen LogP contribution is 2.35. The summed E-state index contributed by atoms with van der Waals surface area (Å²) in [6, 6.07) is 4.45. The van der Waals surface area contributed by atoms with Gasteiger partial charge < -0.3 is 29.8 Å². The van der Waals surface area contributed by atoms with Crippen LogP contribution < -0.4 is 15.2 Å². The number of aliphatic carboxylic acids is 1. The second-order valence-corrected chi connectivity index (χ2v) is 12.1. The molecule has 0 bridgehead atoms. The van der Waals surface area contributed by atoms with Gasteiger partial charge in [0.15, 0.2) is 11.5 Å². The summed E-state index contributed by atoms with van der Waals surface area (Å²) in [5.74, 6) is -1.97. The number of nitrogens with two attached hydrogens (primary N) is 1. The second kappa shape index (κ2) is 14.5. The van der Waals surface area contributed by atoms with E-state index in [4.69, 9.17) is 24.7 Å². The highest BCUT2D eigenvalue weighted by molar-refractivity contribution is 5.82. The van der Waals surface area contributed by atoms with E-state index in [2.05, 4.69) is 0 Å². The van der Waals surface area contributed by atoms with Gasteiger partial charge in [-0.25, -0.2) is 4.79 Å². The Morgan fingerprint density at radius 3 is 1.90 bits per heavy atom. The fraction of sp³-hybridized carbons (Fsp3) is 0.667. The topological polar surface area (TPSA) is 151 Å². The Labute approximate surface area is 237 Å². The van der Waals surface area contributed by atoms with Crippen molar-refractivity contribution in [1.82, 2.24) is 0 Å². The fourth-order valence-corrected chi connectivity index (χ4v) is 3.32. The predicted molar refractivity (Wildman–Crippen MR) is 150 cm³/mol. The summed E-state index contributed by atoms with van der Waals surface area (Å²) in [6.07, 6.45) is -0.436. The molecule has 0 saturated carbocycles. The summed E-state index contributed by atoms with van der Waals surface area (Å²) in [5, 5.41) is 9.97. The summed E-state index contributed by atoms with van der Waals surface area (Å²) in [7, 11) is 0. The predicted octanol–water partition coefficient (Wildman–Crippen LogP) is 5.67. The minimum absolute atomic E-state index is 0.0185. The van der Waals surface area contributed by atoms with Crippen molar-refractivity contribution < 1.29 is 43.2 Å². The third-order valence-corrected chi connectivity index (χ3v) is 7.10. The van der Waals surface area contributed by atoms with Crippen LogP contribution in [0.1, 0.15) is 93.6 Å². The highest BCUT2D eigenvalue weighted by atomic mass is 16.7. The molecule has 0 radical (unpaired) electrons. The minimum atomic E-state index is -1.83. The Kier molecular flexibility index (Phi) is 12.6. The molecule has 0 aliphatic heterocycles. The van der Waals surface area contributed by atoms with Crippen molar-refractivity contribution in [3.8, 4) is 11.5 Å². The highest BCUT2D eigenvalue weighted by Gasteiger charge is 2.38. The number of carboxylic acids is 1. The molecule has 0 aromatic heterocycles. The van der Waals surface area contributed by atoms with Gasteiger partial charge >= 0.3 is 24.1 Å². The maximum absolute atomic E-state index is 12.9. The van der Waals surface area contributed by atoms with Crippen LogP contribution in [0.2, 0.25) is 0 Å². The molecule has 1 unspecified atom stereocenters. The van der Waals surface area contributed by atoms with Crippen LogP contribution in [-0.4, -0.2) is 47.4 Å². The van der Waals surface area contributed by atoms with Gasteiger partial charge in [0, 0.05) is 12.8 Å². The standard InChI is InChI=1S/C30H47NO9/c1-10-28(6,7)25(34)39-22-13-12-21(16-23(22)40-26(35)29(8,9)11-2)18-30(31,24(32)33)17-20(5)38-27(36)37-15-14-19(3)4/h12-13,16,19-20H,10-11,14-15,17-18,31H2,1-9H3,(H,32,33)/t20-,30?/m0/s1. The van der Waals surface area contributed by atoms with Gasteiger partial charge in [0.05, 0.1) is 17.4 Å². The van der Waals surface area contributed by atoms with Crippen LogP contribution in [0.5, 0.6) is 11.5 Å². The van der Waals surface area contributed by atoms with Crippen molar-refractivity contribution in [2.45, 2.75) is 106 Å². The quantitative estimate of drug-likeness (QED) is 0.201. The molecule has 0 heterocycles. The number of ether oxygens (including phenoxy) is 4. The first kappa shape index (κ1) is 34.9. The molecule has 40 heavy (non-hydrogen) atoms. The van der Waals surface area contributed by atoms with Gasteiger partial charge in [-0.1, -0.05) is 33.8 Å². The monoisotopic (exact) mass is 565 g/mol. The molecule has 10 heteroatoms. The van der Waals surface area contributed by atoms with Crippen LogP contribution in [0.25, 0.3) is 0 Å². The van der Waals surface area contributed by atoms with Gasteiger partial charge in [-0.15, -0.1) is 0 Å². The van der Waals surface area contributed by atoms with E-state index in [-0.39, 0.29) is 30.9 Å². The second-order valence-electron chi connectivity index (χ2n) is 12.1. The molecular formula is C30H47NO9. The van der Waals surface area contributed by atoms with Crippen LogP contribution in [0.4, 0.5) is 4.79 Å². The van der Waals surface area contributed by atoms with Gasteiger partial charge in [-0.3, -0.25) is 14.4 Å². The first-order valence-electron chi connectivity index (χ1n) is 13.8. The number of carbonyl (C=O) groups excluding carboxylic acids is 3. The van der Waals surface area contributed by atoms with Gasteiger partial charge in [0.25, 0.3) is 0 Å². The number of rotatable bonds is 15. The lowest BCUT2D eigenvalue weighted by Gasteiger charge is -2.28. The number of hydrogen-bond acceptors (Lipinski definition) is 9. The van der Waals surface area contributed by atoms with Crippen LogP contribution in [0.3, 0.4) is 0 Å². The smallest absolute Gasteiger partial charge is 0.480 e. The fourth-order valence-electron chi connectivity index (χ4n) is 3.32. The molecule has 0 aliphatic rings. The average Bonchev–Trinajstić information content (AvgIpc) is 2.84. The molecule has 1 rings (SSSR count). The van der Waals surface area contributed by atoms with Gasteiger partial charge in [-0.2, -0.15) is 0 Å². The number of benzene rings is 1. The van der Waals surface area contributed by atoms with E-state index in [1.165, 1.54) is 19.1 Å². The molecule has 10 nitrogen and oxygen atoms in total. The van der Waals surface area contributed by atoms with E-state index in [0.29, 0.717) is 30.7 Å². The Morgan fingerprint density at radius 2 is 1.43 bits per heavy atom. The summed E-state index contributed by atoms with van der Waals surface area (Å²) < 4.78 is 21.5.